The summed E-state index contributed by atoms with van der Waals surface area (Å²) in [6.45, 7) is 0.916. The lowest BCUT2D eigenvalue weighted by atomic mass is 10.1. The number of anilines is 1. The van der Waals surface area contributed by atoms with Gasteiger partial charge in [-0.05, 0) is 18.6 Å². The van der Waals surface area contributed by atoms with Gasteiger partial charge < -0.3 is 20.1 Å². The fourth-order valence-corrected chi connectivity index (χ4v) is 4.69. The van der Waals surface area contributed by atoms with E-state index < -0.39 is 27.7 Å². The van der Waals surface area contributed by atoms with E-state index in [0.29, 0.717) is 40.9 Å². The van der Waals surface area contributed by atoms with Crippen molar-refractivity contribution >= 4 is 48.3 Å². The Morgan fingerprint density at radius 1 is 1.12 bits per heavy atom. The number of aromatic nitrogens is 1. The fraction of sp³-hybridized carbons (Fsp3) is 0.286. The minimum Gasteiger partial charge on any atom is -0.486 e. The highest BCUT2D eigenvalue weighted by atomic mass is 32.2. The summed E-state index contributed by atoms with van der Waals surface area (Å²) in [6.07, 6.45) is 1.02. The fourth-order valence-electron chi connectivity index (χ4n) is 3.14. The van der Waals surface area contributed by atoms with Crippen LogP contribution < -0.4 is 20.1 Å². The van der Waals surface area contributed by atoms with Crippen LogP contribution in [0.2, 0.25) is 0 Å². The van der Waals surface area contributed by atoms with E-state index in [0.717, 1.165) is 11.0 Å². The Morgan fingerprint density at radius 2 is 1.81 bits per heavy atom. The minimum absolute atomic E-state index is 0.0654. The molecule has 3 aromatic rings. The second kappa shape index (κ2) is 9.13. The van der Waals surface area contributed by atoms with Gasteiger partial charge in [0.25, 0.3) is 5.91 Å². The first-order chi connectivity index (χ1) is 15.3. The molecule has 0 unspecified atom stereocenters. The smallest absolute Gasteiger partial charge is 0.251 e. The van der Waals surface area contributed by atoms with Crippen LogP contribution in [-0.4, -0.2) is 56.5 Å². The molecule has 0 fully saturated rings. The summed E-state index contributed by atoms with van der Waals surface area (Å²) in [5.74, 6) is -0.0548. The summed E-state index contributed by atoms with van der Waals surface area (Å²) in [7, 11) is -3.33. The van der Waals surface area contributed by atoms with Crippen molar-refractivity contribution in [3.8, 4) is 11.5 Å². The molecule has 0 saturated carbocycles. The van der Waals surface area contributed by atoms with Crippen molar-refractivity contribution in [1.29, 1.82) is 0 Å². The lowest BCUT2D eigenvalue weighted by molar-refractivity contribution is -0.118. The number of carbonyl (C=O) groups excluding carboxylic acids is 2. The predicted molar refractivity (Wildman–Crippen MR) is 121 cm³/mol. The number of hydrogen-bond donors (Lipinski definition) is 2. The van der Waals surface area contributed by atoms with Gasteiger partial charge in [0.15, 0.2) is 16.6 Å². The average molecular weight is 476 g/mol. The Kier molecular flexibility index (Phi) is 6.28. The SMILES string of the molecule is CS(=O)(=O)CC[C@@H](NC(=O)c1ccccc1)C(=O)Nc1nc2cc3c(cc2s1)OCCO3. The molecule has 2 heterocycles. The molecule has 0 spiro atoms. The molecule has 2 N–H and O–H groups in total. The average Bonchev–Trinajstić information content (AvgIpc) is 3.15. The zero-order chi connectivity index (χ0) is 22.7. The highest BCUT2D eigenvalue weighted by Crippen LogP contribution is 2.37. The number of nitrogens with zero attached hydrogens (tertiary/aromatic N) is 1. The highest BCUT2D eigenvalue weighted by molar-refractivity contribution is 7.90. The molecule has 1 aliphatic rings. The number of thiazole rings is 1. The molecule has 0 aliphatic carbocycles. The zero-order valence-corrected chi connectivity index (χ0v) is 18.8. The van der Waals surface area contributed by atoms with Gasteiger partial charge in [0.2, 0.25) is 5.91 Å². The lowest BCUT2D eigenvalue weighted by Gasteiger charge is -2.17. The topological polar surface area (TPSA) is 124 Å². The number of rotatable bonds is 7. The summed E-state index contributed by atoms with van der Waals surface area (Å²) in [4.78, 5) is 29.9. The minimum atomic E-state index is -3.33. The third-order valence-corrected chi connectivity index (χ3v) is 6.63. The molecule has 4 rings (SSSR count). The second-order valence-electron chi connectivity index (χ2n) is 7.28. The van der Waals surface area contributed by atoms with Crippen LogP contribution >= 0.6 is 11.3 Å². The monoisotopic (exact) mass is 475 g/mol. The van der Waals surface area contributed by atoms with Gasteiger partial charge in [-0.3, -0.25) is 9.59 Å². The maximum absolute atomic E-state index is 12.9. The van der Waals surface area contributed by atoms with Crippen LogP contribution in [0, 0.1) is 0 Å². The lowest BCUT2D eigenvalue weighted by Crippen LogP contribution is -2.44. The van der Waals surface area contributed by atoms with Crippen molar-refractivity contribution in [2.45, 2.75) is 12.5 Å². The van der Waals surface area contributed by atoms with Crippen LogP contribution in [0.3, 0.4) is 0 Å². The molecule has 32 heavy (non-hydrogen) atoms. The standard InChI is InChI=1S/C21H21N3O6S2/c1-32(27,28)10-7-14(22-19(25)13-5-3-2-4-6-13)20(26)24-21-23-15-11-16-17(12-18(15)31-21)30-9-8-29-16/h2-6,11-12,14H,7-10H2,1H3,(H,22,25)(H,23,24,26)/t14-/m1/s1. The van der Waals surface area contributed by atoms with Gasteiger partial charge in [0.1, 0.15) is 29.1 Å². The Labute approximate surface area is 188 Å². The molecule has 1 atom stereocenters. The number of hydrogen-bond acceptors (Lipinski definition) is 8. The maximum Gasteiger partial charge on any atom is 0.251 e. The normalized spacial score (nSPS) is 14.0. The van der Waals surface area contributed by atoms with Crippen molar-refractivity contribution in [2.75, 3.05) is 30.5 Å². The molecule has 1 aliphatic heterocycles. The molecule has 0 bridgehead atoms. The molecular formula is C21H21N3O6S2. The number of ether oxygens (including phenoxy) is 2. The van der Waals surface area contributed by atoms with Gasteiger partial charge in [-0.25, -0.2) is 13.4 Å². The first-order valence-corrected chi connectivity index (χ1v) is 12.7. The molecule has 0 saturated heterocycles. The van der Waals surface area contributed by atoms with Crippen molar-refractivity contribution in [3.63, 3.8) is 0 Å². The van der Waals surface area contributed by atoms with Crippen LogP contribution in [0.25, 0.3) is 10.2 Å². The molecule has 2 aromatic carbocycles. The van der Waals surface area contributed by atoms with Crippen molar-refractivity contribution in [1.82, 2.24) is 10.3 Å². The summed E-state index contributed by atoms with van der Waals surface area (Å²) in [5.41, 5.74) is 1.01. The number of fused-ring (bicyclic) bond motifs is 2. The van der Waals surface area contributed by atoms with Gasteiger partial charge in [-0.15, -0.1) is 0 Å². The Bertz CT molecular complexity index is 1210. The number of nitrogens with one attached hydrogen (secondary N) is 2. The highest BCUT2D eigenvalue weighted by Gasteiger charge is 2.24. The number of carbonyl (C=O) groups is 2. The van der Waals surface area contributed by atoms with Gasteiger partial charge in [-0.2, -0.15) is 0 Å². The van der Waals surface area contributed by atoms with Gasteiger partial charge in [0, 0.05) is 24.0 Å². The van der Waals surface area contributed by atoms with Crippen LogP contribution in [0.5, 0.6) is 11.5 Å². The summed E-state index contributed by atoms with van der Waals surface area (Å²) >= 11 is 1.25. The summed E-state index contributed by atoms with van der Waals surface area (Å²) in [6, 6.07) is 10.9. The van der Waals surface area contributed by atoms with Crippen molar-refractivity contribution in [2.24, 2.45) is 0 Å². The Morgan fingerprint density at radius 3 is 2.50 bits per heavy atom. The van der Waals surface area contributed by atoms with E-state index in [-0.39, 0.29) is 12.2 Å². The van der Waals surface area contributed by atoms with Crippen LogP contribution in [0.15, 0.2) is 42.5 Å². The van der Waals surface area contributed by atoms with Crippen LogP contribution in [0.1, 0.15) is 16.8 Å². The summed E-state index contributed by atoms with van der Waals surface area (Å²) < 4.78 is 35.2. The molecule has 168 valence electrons. The third-order valence-electron chi connectivity index (χ3n) is 4.72. The second-order valence-corrected chi connectivity index (χ2v) is 10.6. The molecule has 0 radical (unpaired) electrons. The summed E-state index contributed by atoms with van der Waals surface area (Å²) in [5, 5.41) is 5.64. The van der Waals surface area contributed by atoms with E-state index in [1.807, 2.05) is 0 Å². The molecular weight excluding hydrogens is 454 g/mol. The van der Waals surface area contributed by atoms with Gasteiger partial charge >= 0.3 is 0 Å². The number of amides is 2. The third kappa shape index (κ3) is 5.35. The number of sulfone groups is 1. The van der Waals surface area contributed by atoms with Crippen LogP contribution in [0.4, 0.5) is 5.13 Å². The van der Waals surface area contributed by atoms with Gasteiger partial charge in [0.05, 0.1) is 16.0 Å². The Hall–Kier alpha value is -3.18. The van der Waals surface area contributed by atoms with Crippen LogP contribution in [-0.2, 0) is 14.6 Å². The van der Waals surface area contributed by atoms with E-state index in [9.17, 15) is 18.0 Å². The van der Waals surface area contributed by atoms with Gasteiger partial charge in [-0.1, -0.05) is 29.5 Å². The largest absolute Gasteiger partial charge is 0.486 e. The first-order valence-electron chi connectivity index (χ1n) is 9.83. The van der Waals surface area contributed by atoms with E-state index >= 15 is 0 Å². The molecule has 1 aromatic heterocycles. The van der Waals surface area contributed by atoms with E-state index in [4.69, 9.17) is 9.47 Å². The molecule has 9 nitrogen and oxygen atoms in total. The quantitative estimate of drug-likeness (QED) is 0.537. The Balaban J connectivity index is 1.52. The molecule has 2 amide bonds. The zero-order valence-electron chi connectivity index (χ0n) is 17.2. The molecule has 11 heteroatoms. The van der Waals surface area contributed by atoms with E-state index in [2.05, 4.69) is 15.6 Å². The van der Waals surface area contributed by atoms with Crippen molar-refractivity contribution in [3.05, 3.63) is 48.0 Å². The maximum atomic E-state index is 12.9. The predicted octanol–water partition coefficient (Wildman–Crippen LogP) is 2.24. The van der Waals surface area contributed by atoms with Crippen molar-refractivity contribution < 1.29 is 27.5 Å². The first kappa shape index (κ1) is 22.0. The number of benzene rings is 2. The van der Waals surface area contributed by atoms with E-state index in [1.54, 1.807) is 42.5 Å². The van der Waals surface area contributed by atoms with E-state index in [1.165, 1.54) is 11.3 Å².